The second-order valence-corrected chi connectivity index (χ2v) is 6.07. The minimum atomic E-state index is 0.682. The van der Waals surface area contributed by atoms with E-state index in [1.54, 1.807) is 6.20 Å². The molecule has 0 aliphatic carbocycles. The second-order valence-electron chi connectivity index (χ2n) is 4.32. The number of para-hydroxylation sites is 1. The molecule has 0 fully saturated rings. The highest BCUT2D eigenvalue weighted by atomic mass is 35.5. The first kappa shape index (κ1) is 13.2. The monoisotopic (exact) mass is 300 g/mol. The zero-order chi connectivity index (χ0) is 13.8. The Morgan fingerprint density at radius 3 is 2.50 bits per heavy atom. The van der Waals surface area contributed by atoms with E-state index in [-0.39, 0.29) is 0 Å². The molecule has 1 aromatic heterocycles. The van der Waals surface area contributed by atoms with Crippen molar-refractivity contribution >= 4 is 28.6 Å². The highest BCUT2D eigenvalue weighted by molar-refractivity contribution is 7.15. The van der Waals surface area contributed by atoms with Crippen molar-refractivity contribution in [2.24, 2.45) is 0 Å². The molecule has 0 unspecified atom stereocenters. The Labute approximate surface area is 127 Å². The number of thiazole rings is 1. The van der Waals surface area contributed by atoms with Gasteiger partial charge in [0, 0.05) is 11.3 Å². The van der Waals surface area contributed by atoms with Crippen LogP contribution in [0, 0.1) is 0 Å². The fourth-order valence-corrected chi connectivity index (χ4v) is 2.94. The minimum Gasteiger partial charge on any atom is -0.378 e. The van der Waals surface area contributed by atoms with Crippen LogP contribution < -0.4 is 5.32 Å². The first-order valence-electron chi connectivity index (χ1n) is 6.31. The van der Waals surface area contributed by atoms with Gasteiger partial charge in [-0.2, -0.15) is 0 Å². The topological polar surface area (TPSA) is 24.9 Å². The van der Waals surface area contributed by atoms with Crippen molar-refractivity contribution in [2.75, 3.05) is 5.32 Å². The van der Waals surface area contributed by atoms with Gasteiger partial charge in [-0.15, -0.1) is 11.3 Å². The first-order valence-corrected chi connectivity index (χ1v) is 7.51. The quantitative estimate of drug-likeness (QED) is 0.727. The molecule has 4 heteroatoms. The van der Waals surface area contributed by atoms with Crippen molar-refractivity contribution in [1.29, 1.82) is 0 Å². The summed E-state index contributed by atoms with van der Waals surface area (Å²) >= 11 is 7.40. The highest BCUT2D eigenvalue weighted by Gasteiger charge is 2.05. The minimum absolute atomic E-state index is 0.682. The normalized spacial score (nSPS) is 10.4. The van der Waals surface area contributed by atoms with Crippen molar-refractivity contribution in [3.8, 4) is 11.1 Å². The summed E-state index contributed by atoms with van der Waals surface area (Å²) in [4.78, 5) is 4.26. The molecule has 0 radical (unpaired) electrons. The molecule has 2 aromatic carbocycles. The number of nitrogens with one attached hydrogen (secondary N) is 1. The molecule has 0 saturated carbocycles. The van der Waals surface area contributed by atoms with Gasteiger partial charge in [0.1, 0.15) is 9.34 Å². The molecule has 1 N–H and O–H groups in total. The van der Waals surface area contributed by atoms with E-state index in [4.69, 9.17) is 11.6 Å². The summed E-state index contributed by atoms with van der Waals surface area (Å²) in [6.45, 7) is 0.682. The summed E-state index contributed by atoms with van der Waals surface area (Å²) in [6.07, 6.45) is 1.69. The average molecular weight is 301 g/mol. The molecular weight excluding hydrogens is 288 g/mol. The van der Waals surface area contributed by atoms with E-state index in [1.807, 2.05) is 30.3 Å². The maximum absolute atomic E-state index is 5.90. The number of hydrogen-bond acceptors (Lipinski definition) is 3. The van der Waals surface area contributed by atoms with Gasteiger partial charge in [0.15, 0.2) is 0 Å². The molecule has 0 atom stereocenters. The standard InChI is InChI=1S/C16H13ClN2S/c17-15-10-19-16(20-15)11-18-14-9-5-4-8-13(14)12-6-2-1-3-7-12/h1-10,18H,11H2. The maximum atomic E-state index is 5.90. The Balaban J connectivity index is 1.83. The van der Waals surface area contributed by atoms with E-state index in [0.717, 1.165) is 15.0 Å². The van der Waals surface area contributed by atoms with Gasteiger partial charge in [-0.3, -0.25) is 0 Å². The molecule has 0 aliphatic rings. The van der Waals surface area contributed by atoms with Crippen LogP contribution >= 0.6 is 22.9 Å². The fraction of sp³-hybridized carbons (Fsp3) is 0.0625. The molecule has 0 aliphatic heterocycles. The molecule has 0 amide bonds. The second kappa shape index (κ2) is 6.07. The van der Waals surface area contributed by atoms with Gasteiger partial charge in [-0.05, 0) is 11.6 Å². The van der Waals surface area contributed by atoms with Crippen LogP contribution in [0.2, 0.25) is 4.34 Å². The van der Waals surface area contributed by atoms with Crippen molar-refractivity contribution in [3.63, 3.8) is 0 Å². The van der Waals surface area contributed by atoms with Crippen molar-refractivity contribution in [3.05, 3.63) is 70.1 Å². The van der Waals surface area contributed by atoms with Crippen molar-refractivity contribution < 1.29 is 0 Å². The Kier molecular flexibility index (Phi) is 4.00. The third kappa shape index (κ3) is 3.00. The highest BCUT2D eigenvalue weighted by Crippen LogP contribution is 2.28. The van der Waals surface area contributed by atoms with E-state index < -0.39 is 0 Å². The first-order chi connectivity index (χ1) is 9.83. The van der Waals surface area contributed by atoms with E-state index in [2.05, 4.69) is 34.6 Å². The van der Waals surface area contributed by atoms with Gasteiger partial charge in [0.25, 0.3) is 0 Å². The molecule has 20 heavy (non-hydrogen) atoms. The van der Waals surface area contributed by atoms with Crippen LogP contribution in [0.15, 0.2) is 60.8 Å². The largest absolute Gasteiger partial charge is 0.378 e. The lowest BCUT2D eigenvalue weighted by molar-refractivity contribution is 1.10. The molecule has 0 spiro atoms. The van der Waals surface area contributed by atoms with Crippen LogP contribution in [0.1, 0.15) is 5.01 Å². The van der Waals surface area contributed by atoms with Gasteiger partial charge in [0.2, 0.25) is 0 Å². The summed E-state index contributed by atoms with van der Waals surface area (Å²) in [5, 5.41) is 4.41. The third-order valence-corrected chi connectivity index (χ3v) is 4.08. The van der Waals surface area contributed by atoms with Gasteiger partial charge in [-0.25, -0.2) is 4.98 Å². The number of hydrogen-bond donors (Lipinski definition) is 1. The molecule has 3 rings (SSSR count). The van der Waals surface area contributed by atoms with Crippen LogP contribution in [-0.2, 0) is 6.54 Å². The van der Waals surface area contributed by atoms with E-state index in [9.17, 15) is 0 Å². The number of halogens is 1. The molecule has 100 valence electrons. The van der Waals surface area contributed by atoms with Gasteiger partial charge in [-0.1, -0.05) is 60.1 Å². The maximum Gasteiger partial charge on any atom is 0.113 e. The van der Waals surface area contributed by atoms with Gasteiger partial charge >= 0.3 is 0 Å². The van der Waals surface area contributed by atoms with E-state index in [0.29, 0.717) is 6.54 Å². The summed E-state index contributed by atoms with van der Waals surface area (Å²) < 4.78 is 0.721. The Morgan fingerprint density at radius 2 is 1.75 bits per heavy atom. The molecule has 0 bridgehead atoms. The Morgan fingerprint density at radius 1 is 1.00 bits per heavy atom. The number of anilines is 1. The lowest BCUT2D eigenvalue weighted by Gasteiger charge is -2.11. The molecule has 0 saturated heterocycles. The van der Waals surface area contributed by atoms with Crippen molar-refractivity contribution in [2.45, 2.75) is 6.54 Å². The fourth-order valence-electron chi connectivity index (χ4n) is 2.05. The Hall–Kier alpha value is -1.84. The zero-order valence-electron chi connectivity index (χ0n) is 10.7. The van der Waals surface area contributed by atoms with Gasteiger partial charge < -0.3 is 5.32 Å². The summed E-state index contributed by atoms with van der Waals surface area (Å²) in [5.74, 6) is 0. The SMILES string of the molecule is Clc1cnc(CNc2ccccc2-c2ccccc2)s1. The predicted molar refractivity (Wildman–Crippen MR) is 86.3 cm³/mol. The molecular formula is C16H13ClN2S. The number of benzene rings is 2. The van der Waals surface area contributed by atoms with Crippen LogP contribution in [-0.4, -0.2) is 4.98 Å². The average Bonchev–Trinajstić information content (AvgIpc) is 2.92. The lowest BCUT2D eigenvalue weighted by Crippen LogP contribution is -2.00. The number of nitrogens with zero attached hydrogens (tertiary/aromatic N) is 1. The van der Waals surface area contributed by atoms with Gasteiger partial charge in [0.05, 0.1) is 12.7 Å². The number of aromatic nitrogens is 1. The summed E-state index contributed by atoms with van der Waals surface area (Å²) in [6, 6.07) is 18.6. The summed E-state index contributed by atoms with van der Waals surface area (Å²) in [5.41, 5.74) is 3.49. The van der Waals surface area contributed by atoms with Crippen LogP contribution in [0.25, 0.3) is 11.1 Å². The molecule has 3 aromatic rings. The van der Waals surface area contributed by atoms with E-state index >= 15 is 0 Å². The summed E-state index contributed by atoms with van der Waals surface area (Å²) in [7, 11) is 0. The van der Waals surface area contributed by atoms with Crippen LogP contribution in [0.5, 0.6) is 0 Å². The molecule has 2 nitrogen and oxygen atoms in total. The predicted octanol–water partition coefficient (Wildman–Crippen LogP) is 5.08. The van der Waals surface area contributed by atoms with Crippen molar-refractivity contribution in [1.82, 2.24) is 4.98 Å². The zero-order valence-corrected chi connectivity index (χ0v) is 12.3. The third-order valence-electron chi connectivity index (χ3n) is 2.97. The van der Waals surface area contributed by atoms with E-state index in [1.165, 1.54) is 22.5 Å². The van der Waals surface area contributed by atoms with Crippen LogP contribution in [0.4, 0.5) is 5.69 Å². The smallest absolute Gasteiger partial charge is 0.113 e. The van der Waals surface area contributed by atoms with Crippen LogP contribution in [0.3, 0.4) is 0 Å². The lowest BCUT2D eigenvalue weighted by atomic mass is 10.0. The number of rotatable bonds is 4. The molecule has 1 heterocycles. The Bertz CT molecular complexity index is 694.